The number of hydrogen-bond acceptors (Lipinski definition) is 3. The fourth-order valence-electron chi connectivity index (χ4n) is 1.17. The van der Waals surface area contributed by atoms with Gasteiger partial charge in [-0.25, -0.2) is 0 Å². The number of phenolic OH excluding ortho intramolecular Hbond substituents is 1. The maximum Gasteiger partial charge on any atom is 0.255 e. The van der Waals surface area contributed by atoms with E-state index < -0.39 is 0 Å². The zero-order chi connectivity index (χ0) is 12.0. The molecular weight excluding hydrogens is 206 g/mol. The van der Waals surface area contributed by atoms with E-state index in [2.05, 4.69) is 11.2 Å². The molecule has 0 saturated carbocycles. The molecule has 0 radical (unpaired) electrons. The first-order chi connectivity index (χ1) is 7.69. The first-order valence-corrected chi connectivity index (χ1v) is 4.77. The summed E-state index contributed by atoms with van der Waals surface area (Å²) < 4.78 is 4.96. The normalized spacial score (nSPS) is 9.25. The number of carbonyl (C=O) groups is 1. The topological polar surface area (TPSA) is 58.6 Å². The van der Waals surface area contributed by atoms with Crippen LogP contribution in [0.2, 0.25) is 0 Å². The maximum absolute atomic E-state index is 11.6. The molecule has 4 heteroatoms. The minimum Gasteiger partial charge on any atom is -0.507 e. The molecule has 0 saturated heterocycles. The summed E-state index contributed by atoms with van der Waals surface area (Å²) in [6.45, 7) is 0.381. The highest BCUT2D eigenvalue weighted by molar-refractivity contribution is 5.97. The summed E-state index contributed by atoms with van der Waals surface area (Å²) in [5.74, 6) is 2.47. The average Bonchev–Trinajstić information content (AvgIpc) is 2.30. The molecule has 2 N–H and O–H groups in total. The monoisotopic (exact) mass is 219 g/mol. The van der Waals surface area contributed by atoms with Crippen LogP contribution in [0.5, 0.6) is 11.5 Å². The van der Waals surface area contributed by atoms with Crippen molar-refractivity contribution in [2.75, 3.05) is 13.7 Å². The van der Waals surface area contributed by atoms with Crippen molar-refractivity contribution >= 4 is 5.91 Å². The number of amides is 1. The summed E-state index contributed by atoms with van der Waals surface area (Å²) in [7, 11) is 1.49. The lowest BCUT2D eigenvalue weighted by Gasteiger charge is -2.07. The number of phenols is 1. The van der Waals surface area contributed by atoms with Crippen molar-refractivity contribution in [2.45, 2.75) is 6.42 Å². The van der Waals surface area contributed by atoms with Crippen LogP contribution in [0.3, 0.4) is 0 Å². The van der Waals surface area contributed by atoms with Gasteiger partial charge in [0.2, 0.25) is 0 Å². The fraction of sp³-hybridized carbons (Fsp3) is 0.250. The lowest BCUT2D eigenvalue weighted by molar-refractivity contribution is 0.0951. The number of aromatic hydroxyl groups is 1. The van der Waals surface area contributed by atoms with E-state index in [9.17, 15) is 9.90 Å². The molecule has 0 aliphatic heterocycles. The molecule has 0 aliphatic rings. The maximum atomic E-state index is 11.6. The summed E-state index contributed by atoms with van der Waals surface area (Å²) in [6.07, 6.45) is 5.51. The second kappa shape index (κ2) is 5.66. The van der Waals surface area contributed by atoms with Crippen molar-refractivity contribution in [1.29, 1.82) is 0 Å². The molecule has 0 bridgehead atoms. The largest absolute Gasteiger partial charge is 0.507 e. The Bertz CT molecular complexity index is 421. The van der Waals surface area contributed by atoms with E-state index in [0.29, 0.717) is 18.7 Å². The number of terminal acetylenes is 1. The van der Waals surface area contributed by atoms with Gasteiger partial charge in [0.25, 0.3) is 5.91 Å². The van der Waals surface area contributed by atoms with Gasteiger partial charge in [-0.15, -0.1) is 12.3 Å². The van der Waals surface area contributed by atoms with Crippen LogP contribution in [0.1, 0.15) is 16.8 Å². The summed E-state index contributed by atoms with van der Waals surface area (Å²) in [6, 6.07) is 4.46. The Morgan fingerprint density at radius 1 is 1.62 bits per heavy atom. The third-order valence-corrected chi connectivity index (χ3v) is 2.00. The van der Waals surface area contributed by atoms with Gasteiger partial charge in [-0.2, -0.15) is 0 Å². The Balaban J connectivity index is 2.78. The second-order valence-corrected chi connectivity index (χ2v) is 3.09. The summed E-state index contributed by atoms with van der Waals surface area (Å²) in [5, 5.41) is 12.1. The van der Waals surface area contributed by atoms with Crippen LogP contribution < -0.4 is 10.1 Å². The van der Waals surface area contributed by atoms with Crippen molar-refractivity contribution in [3.8, 4) is 23.8 Å². The molecule has 1 rings (SSSR count). The van der Waals surface area contributed by atoms with Crippen LogP contribution in [0.4, 0.5) is 0 Å². The highest BCUT2D eigenvalue weighted by Crippen LogP contribution is 2.22. The third kappa shape index (κ3) is 2.92. The zero-order valence-electron chi connectivity index (χ0n) is 8.99. The van der Waals surface area contributed by atoms with E-state index in [1.807, 2.05) is 0 Å². The van der Waals surface area contributed by atoms with Gasteiger partial charge in [0.15, 0.2) is 0 Å². The number of carbonyl (C=O) groups excluding carboxylic acids is 1. The van der Waals surface area contributed by atoms with Crippen LogP contribution in [-0.2, 0) is 0 Å². The first kappa shape index (κ1) is 11.9. The van der Waals surface area contributed by atoms with E-state index in [-0.39, 0.29) is 17.2 Å². The van der Waals surface area contributed by atoms with Crippen molar-refractivity contribution in [2.24, 2.45) is 0 Å². The summed E-state index contributed by atoms with van der Waals surface area (Å²) in [4.78, 5) is 11.6. The van der Waals surface area contributed by atoms with Gasteiger partial charge < -0.3 is 15.2 Å². The number of hydrogen-bond donors (Lipinski definition) is 2. The number of benzene rings is 1. The Kier molecular flexibility index (Phi) is 4.22. The Labute approximate surface area is 94.2 Å². The molecule has 0 aliphatic carbocycles. The van der Waals surface area contributed by atoms with Crippen molar-refractivity contribution < 1.29 is 14.6 Å². The van der Waals surface area contributed by atoms with E-state index in [1.54, 1.807) is 6.07 Å². The molecule has 0 aromatic heterocycles. The molecule has 4 nitrogen and oxygen atoms in total. The molecule has 1 aromatic carbocycles. The average molecular weight is 219 g/mol. The van der Waals surface area contributed by atoms with Gasteiger partial charge in [-0.05, 0) is 18.2 Å². The summed E-state index contributed by atoms with van der Waals surface area (Å²) >= 11 is 0. The Hall–Kier alpha value is -2.15. The van der Waals surface area contributed by atoms with E-state index in [1.165, 1.54) is 19.2 Å². The minimum atomic E-state index is -0.369. The van der Waals surface area contributed by atoms with Crippen LogP contribution in [0, 0.1) is 12.3 Å². The van der Waals surface area contributed by atoms with Crippen LogP contribution in [0.25, 0.3) is 0 Å². The molecule has 84 valence electrons. The molecule has 1 aromatic rings. The van der Waals surface area contributed by atoms with Gasteiger partial charge in [-0.3, -0.25) is 4.79 Å². The molecule has 0 heterocycles. The van der Waals surface area contributed by atoms with Gasteiger partial charge in [0.05, 0.1) is 12.7 Å². The van der Waals surface area contributed by atoms with Crippen molar-refractivity contribution in [3.05, 3.63) is 23.8 Å². The fourth-order valence-corrected chi connectivity index (χ4v) is 1.17. The van der Waals surface area contributed by atoms with E-state index >= 15 is 0 Å². The van der Waals surface area contributed by atoms with Crippen LogP contribution in [0.15, 0.2) is 18.2 Å². The Morgan fingerprint density at radius 3 is 3.00 bits per heavy atom. The van der Waals surface area contributed by atoms with Crippen molar-refractivity contribution in [3.63, 3.8) is 0 Å². The summed E-state index contributed by atoms with van der Waals surface area (Å²) in [5.41, 5.74) is 0.177. The Morgan fingerprint density at radius 2 is 2.38 bits per heavy atom. The van der Waals surface area contributed by atoms with E-state index in [0.717, 1.165) is 0 Å². The predicted molar refractivity (Wildman–Crippen MR) is 60.4 cm³/mol. The number of rotatable bonds is 4. The lowest BCUT2D eigenvalue weighted by Crippen LogP contribution is -2.24. The number of nitrogens with one attached hydrogen (secondary N) is 1. The first-order valence-electron chi connectivity index (χ1n) is 4.77. The number of methoxy groups -OCH3 is 1. The molecular formula is C12H13NO3. The lowest BCUT2D eigenvalue weighted by atomic mass is 10.1. The highest BCUT2D eigenvalue weighted by atomic mass is 16.5. The second-order valence-electron chi connectivity index (χ2n) is 3.09. The van der Waals surface area contributed by atoms with Gasteiger partial charge in [-0.1, -0.05) is 0 Å². The highest BCUT2D eigenvalue weighted by Gasteiger charge is 2.11. The zero-order valence-corrected chi connectivity index (χ0v) is 8.99. The van der Waals surface area contributed by atoms with E-state index in [4.69, 9.17) is 11.2 Å². The quantitative estimate of drug-likeness (QED) is 0.590. The molecule has 0 unspecified atom stereocenters. The molecule has 16 heavy (non-hydrogen) atoms. The van der Waals surface area contributed by atoms with Gasteiger partial charge >= 0.3 is 0 Å². The molecule has 0 fully saturated rings. The van der Waals surface area contributed by atoms with Crippen molar-refractivity contribution in [1.82, 2.24) is 5.32 Å². The molecule has 0 atom stereocenters. The van der Waals surface area contributed by atoms with Crippen LogP contribution >= 0.6 is 0 Å². The van der Waals surface area contributed by atoms with Crippen LogP contribution in [-0.4, -0.2) is 24.7 Å². The number of ether oxygens (including phenoxy) is 1. The molecule has 0 spiro atoms. The third-order valence-electron chi connectivity index (χ3n) is 2.00. The predicted octanol–water partition coefficient (Wildman–Crippen LogP) is 1.15. The standard InChI is InChI=1S/C12H13NO3/c1-3-4-7-13-12(15)10-8-9(16-2)5-6-11(10)14/h1,5-6,8,14H,4,7H2,2H3,(H,13,15). The van der Waals surface area contributed by atoms with Gasteiger partial charge in [0.1, 0.15) is 11.5 Å². The smallest absolute Gasteiger partial charge is 0.255 e. The minimum absolute atomic E-state index is 0.0843. The van der Waals surface area contributed by atoms with Gasteiger partial charge in [0, 0.05) is 13.0 Å². The molecule has 1 amide bonds. The SMILES string of the molecule is C#CCCNC(=O)c1cc(OC)ccc1O.